The predicted octanol–water partition coefficient (Wildman–Crippen LogP) is -2.48. The fourth-order valence-corrected chi connectivity index (χ4v) is 2.04. The minimum atomic E-state index is -1.40. The van der Waals surface area contributed by atoms with E-state index >= 15 is 0 Å². The third-order valence-electron chi connectivity index (χ3n) is 2.85. The van der Waals surface area contributed by atoms with Crippen LogP contribution < -0.4 is 5.32 Å². The second-order valence-corrected chi connectivity index (χ2v) is 3.64. The molecule has 1 unspecified atom stereocenters. The van der Waals surface area contributed by atoms with Crippen molar-refractivity contribution < 1.29 is 20.4 Å². The van der Waals surface area contributed by atoms with Gasteiger partial charge < -0.3 is 20.4 Å². The first-order valence-corrected chi connectivity index (χ1v) is 4.09. The van der Waals surface area contributed by atoms with Gasteiger partial charge in [0.05, 0.1) is 6.10 Å². The van der Waals surface area contributed by atoms with Crippen molar-refractivity contribution in [3.63, 3.8) is 0 Å². The van der Waals surface area contributed by atoms with Crippen LogP contribution in [0.5, 0.6) is 0 Å². The quantitative estimate of drug-likeness (QED) is 0.281. The van der Waals surface area contributed by atoms with E-state index in [9.17, 15) is 20.4 Å². The van der Waals surface area contributed by atoms with E-state index in [2.05, 4.69) is 5.32 Å². The first-order valence-electron chi connectivity index (χ1n) is 4.09. The van der Waals surface area contributed by atoms with E-state index in [-0.39, 0.29) is 6.04 Å². The summed E-state index contributed by atoms with van der Waals surface area (Å²) in [4.78, 5) is 0. The summed E-state index contributed by atoms with van der Waals surface area (Å²) in [5.74, 6) is 0. The Hall–Kier alpha value is -0.200. The third kappa shape index (κ3) is 0.915. The number of fused-ring (bicyclic) bond motifs is 2. The highest BCUT2D eigenvalue weighted by molar-refractivity contribution is 5.07. The van der Waals surface area contributed by atoms with Gasteiger partial charge in [-0.05, 0) is 12.8 Å². The van der Waals surface area contributed by atoms with Crippen LogP contribution >= 0.6 is 0 Å². The van der Waals surface area contributed by atoms with Crippen LogP contribution in [0.1, 0.15) is 12.8 Å². The Morgan fingerprint density at radius 3 is 2.50 bits per heavy atom. The standard InChI is InChI=1S/C7H13NO4/c9-4-3-1-2-7(12,8-3)6(11)5(4)10/h3-6,8-12H,1-2H2/t3?,4-,5+,6+,7+/m0/s1. The molecule has 0 aromatic rings. The van der Waals surface area contributed by atoms with Crippen LogP contribution in [0.2, 0.25) is 0 Å². The van der Waals surface area contributed by atoms with Gasteiger partial charge in [-0.2, -0.15) is 0 Å². The van der Waals surface area contributed by atoms with Gasteiger partial charge in [0.1, 0.15) is 17.9 Å². The molecular formula is C7H13NO4. The van der Waals surface area contributed by atoms with Crippen molar-refractivity contribution in [1.29, 1.82) is 0 Å². The number of nitrogens with one attached hydrogen (secondary N) is 1. The molecule has 0 radical (unpaired) electrons. The molecule has 5 heteroatoms. The van der Waals surface area contributed by atoms with Crippen LogP contribution in [0.4, 0.5) is 0 Å². The molecule has 2 fully saturated rings. The molecule has 2 heterocycles. The van der Waals surface area contributed by atoms with Crippen molar-refractivity contribution in [3.05, 3.63) is 0 Å². The third-order valence-corrected chi connectivity index (χ3v) is 2.85. The van der Waals surface area contributed by atoms with Crippen molar-refractivity contribution in [2.24, 2.45) is 0 Å². The molecule has 5 nitrogen and oxygen atoms in total. The van der Waals surface area contributed by atoms with Gasteiger partial charge in [-0.1, -0.05) is 0 Å². The second kappa shape index (κ2) is 2.40. The Kier molecular flexibility index (Phi) is 1.68. The second-order valence-electron chi connectivity index (χ2n) is 3.64. The molecule has 2 aliphatic rings. The minimum absolute atomic E-state index is 0.298. The Labute approximate surface area is 69.6 Å². The Bertz CT molecular complexity index is 200. The highest BCUT2D eigenvalue weighted by Crippen LogP contribution is 2.34. The number of aliphatic hydroxyl groups excluding tert-OH is 3. The molecule has 2 aliphatic heterocycles. The van der Waals surface area contributed by atoms with Crippen LogP contribution in [-0.2, 0) is 0 Å². The Morgan fingerprint density at radius 2 is 1.83 bits per heavy atom. The zero-order valence-corrected chi connectivity index (χ0v) is 6.51. The van der Waals surface area contributed by atoms with Gasteiger partial charge in [-0.25, -0.2) is 0 Å². The summed E-state index contributed by atoms with van der Waals surface area (Å²) in [7, 11) is 0. The monoisotopic (exact) mass is 175 g/mol. The van der Waals surface area contributed by atoms with Crippen LogP contribution in [0.3, 0.4) is 0 Å². The molecule has 0 saturated carbocycles. The number of aliphatic hydroxyl groups is 4. The van der Waals surface area contributed by atoms with E-state index in [0.29, 0.717) is 12.8 Å². The fourth-order valence-electron chi connectivity index (χ4n) is 2.04. The predicted molar refractivity (Wildman–Crippen MR) is 39.1 cm³/mol. The van der Waals surface area contributed by atoms with Crippen molar-refractivity contribution in [1.82, 2.24) is 5.32 Å². The normalized spacial score (nSPS) is 59.0. The van der Waals surface area contributed by atoms with E-state index in [0.717, 1.165) is 0 Å². The van der Waals surface area contributed by atoms with E-state index in [4.69, 9.17) is 0 Å². The lowest BCUT2D eigenvalue weighted by atomic mass is 9.94. The van der Waals surface area contributed by atoms with Gasteiger partial charge in [0.15, 0.2) is 0 Å². The zero-order valence-electron chi connectivity index (χ0n) is 6.51. The van der Waals surface area contributed by atoms with Gasteiger partial charge in [-0.3, -0.25) is 5.32 Å². The highest BCUT2D eigenvalue weighted by atomic mass is 16.4. The SMILES string of the molecule is O[C@H]1[C@@H](O)[C@]2(O)CCC(N2)[C@@H]1O. The molecule has 0 aromatic heterocycles. The summed E-state index contributed by atoms with van der Waals surface area (Å²) < 4.78 is 0. The number of piperidine rings is 1. The molecule has 2 saturated heterocycles. The van der Waals surface area contributed by atoms with E-state index in [1.54, 1.807) is 0 Å². The molecule has 0 amide bonds. The molecule has 5 atom stereocenters. The van der Waals surface area contributed by atoms with Crippen molar-refractivity contribution in [3.8, 4) is 0 Å². The first-order chi connectivity index (χ1) is 5.54. The lowest BCUT2D eigenvalue weighted by Gasteiger charge is -2.40. The molecule has 5 N–H and O–H groups in total. The van der Waals surface area contributed by atoms with E-state index < -0.39 is 24.0 Å². The summed E-state index contributed by atoms with van der Waals surface area (Å²) in [5, 5.41) is 40.4. The van der Waals surface area contributed by atoms with Crippen LogP contribution in [0, 0.1) is 0 Å². The summed E-state index contributed by atoms with van der Waals surface area (Å²) in [6, 6.07) is -0.298. The molecule has 0 aromatic carbocycles. The summed E-state index contributed by atoms with van der Waals surface area (Å²) in [6.07, 6.45) is -2.59. The lowest BCUT2D eigenvalue weighted by Crippen LogP contribution is -2.67. The maximum atomic E-state index is 9.65. The summed E-state index contributed by atoms with van der Waals surface area (Å²) in [5.41, 5.74) is -1.40. The summed E-state index contributed by atoms with van der Waals surface area (Å²) in [6.45, 7) is 0. The number of hydrogen-bond acceptors (Lipinski definition) is 5. The van der Waals surface area contributed by atoms with Gasteiger partial charge >= 0.3 is 0 Å². The van der Waals surface area contributed by atoms with Crippen LogP contribution in [0.15, 0.2) is 0 Å². The maximum absolute atomic E-state index is 9.65. The Balaban J connectivity index is 2.25. The van der Waals surface area contributed by atoms with E-state index in [1.165, 1.54) is 0 Å². The van der Waals surface area contributed by atoms with E-state index in [1.807, 2.05) is 0 Å². The van der Waals surface area contributed by atoms with Crippen LogP contribution in [-0.4, -0.2) is 50.5 Å². The largest absolute Gasteiger partial charge is 0.389 e. The first kappa shape index (κ1) is 8.40. The molecule has 2 bridgehead atoms. The molecule has 0 aliphatic carbocycles. The average molecular weight is 175 g/mol. The number of hydrogen-bond donors (Lipinski definition) is 5. The maximum Gasteiger partial charge on any atom is 0.145 e. The van der Waals surface area contributed by atoms with Gasteiger partial charge in [-0.15, -0.1) is 0 Å². The molecular weight excluding hydrogens is 162 g/mol. The number of rotatable bonds is 0. The van der Waals surface area contributed by atoms with Gasteiger partial charge in [0.25, 0.3) is 0 Å². The van der Waals surface area contributed by atoms with Gasteiger partial charge in [0.2, 0.25) is 0 Å². The van der Waals surface area contributed by atoms with Crippen molar-refractivity contribution >= 4 is 0 Å². The molecule has 2 rings (SSSR count). The average Bonchev–Trinajstić information content (AvgIpc) is 2.41. The molecule has 0 spiro atoms. The Morgan fingerprint density at radius 1 is 1.17 bits per heavy atom. The lowest BCUT2D eigenvalue weighted by molar-refractivity contribution is -0.186. The summed E-state index contributed by atoms with van der Waals surface area (Å²) >= 11 is 0. The topological polar surface area (TPSA) is 93.0 Å². The molecule has 70 valence electrons. The van der Waals surface area contributed by atoms with Crippen LogP contribution in [0.25, 0.3) is 0 Å². The fraction of sp³-hybridized carbons (Fsp3) is 1.00. The molecule has 12 heavy (non-hydrogen) atoms. The minimum Gasteiger partial charge on any atom is -0.389 e. The van der Waals surface area contributed by atoms with Crippen molar-refractivity contribution in [2.75, 3.05) is 0 Å². The van der Waals surface area contributed by atoms with Gasteiger partial charge in [0, 0.05) is 6.04 Å². The highest BCUT2D eigenvalue weighted by Gasteiger charge is 2.55. The van der Waals surface area contributed by atoms with Crippen molar-refractivity contribution in [2.45, 2.75) is 42.9 Å². The zero-order chi connectivity index (χ0) is 8.93. The smallest absolute Gasteiger partial charge is 0.145 e.